The predicted octanol–water partition coefficient (Wildman–Crippen LogP) is 0.217. The second kappa shape index (κ2) is 6.17. The molecule has 1 aromatic rings. The zero-order valence-electron chi connectivity index (χ0n) is 10.2. The van der Waals surface area contributed by atoms with Gasteiger partial charge in [0.15, 0.2) is 5.82 Å². The molecule has 0 spiro atoms. The third-order valence-electron chi connectivity index (χ3n) is 3.05. The minimum atomic E-state index is 0.196. The Labute approximate surface area is 111 Å². The third-order valence-corrected chi connectivity index (χ3v) is 3.32. The van der Waals surface area contributed by atoms with Crippen molar-refractivity contribution in [2.75, 3.05) is 50.0 Å². The van der Waals surface area contributed by atoms with Crippen molar-refractivity contribution in [2.24, 2.45) is 0 Å². The number of halogens is 1. The van der Waals surface area contributed by atoms with Crippen molar-refractivity contribution >= 4 is 23.4 Å². The zero-order chi connectivity index (χ0) is 13.0. The monoisotopic (exact) mass is 271 g/mol. The van der Waals surface area contributed by atoms with Crippen LogP contribution in [0.3, 0.4) is 0 Å². The number of hydrogen-bond acceptors (Lipinski definition) is 6. The van der Waals surface area contributed by atoms with Gasteiger partial charge >= 0.3 is 0 Å². The molecule has 1 fully saturated rings. The van der Waals surface area contributed by atoms with Gasteiger partial charge in [0.05, 0.1) is 12.8 Å². The van der Waals surface area contributed by atoms with Crippen LogP contribution in [0.2, 0.25) is 5.02 Å². The van der Waals surface area contributed by atoms with Crippen molar-refractivity contribution < 1.29 is 5.11 Å². The molecule has 0 bridgehead atoms. The molecule has 0 amide bonds. The molecule has 0 unspecified atom stereocenters. The smallest absolute Gasteiger partial charge is 0.222 e. The Morgan fingerprint density at radius 3 is 2.94 bits per heavy atom. The van der Waals surface area contributed by atoms with E-state index in [1.807, 2.05) is 0 Å². The first-order chi connectivity index (χ1) is 8.70. The van der Waals surface area contributed by atoms with E-state index in [1.54, 1.807) is 0 Å². The fraction of sp³-hybridized carbons (Fsp3) is 0.636. The molecule has 6 nitrogen and oxygen atoms in total. The highest BCUT2D eigenvalue weighted by Crippen LogP contribution is 2.24. The molecule has 0 saturated carbocycles. The lowest BCUT2D eigenvalue weighted by molar-refractivity contribution is 0.204. The molecular weight excluding hydrogens is 254 g/mol. The van der Waals surface area contributed by atoms with Gasteiger partial charge in [0.25, 0.3) is 0 Å². The van der Waals surface area contributed by atoms with Gasteiger partial charge in [-0.25, -0.2) is 4.98 Å². The van der Waals surface area contributed by atoms with Gasteiger partial charge in [0.2, 0.25) is 5.95 Å². The highest BCUT2D eigenvalue weighted by atomic mass is 35.5. The van der Waals surface area contributed by atoms with Crippen LogP contribution >= 0.6 is 11.6 Å². The van der Waals surface area contributed by atoms with E-state index in [0.717, 1.165) is 32.6 Å². The van der Waals surface area contributed by atoms with Crippen molar-refractivity contribution in [2.45, 2.75) is 6.42 Å². The molecular formula is C11H18ClN5O. The zero-order valence-corrected chi connectivity index (χ0v) is 11.0. The van der Waals surface area contributed by atoms with Crippen molar-refractivity contribution in [3.05, 3.63) is 11.2 Å². The molecule has 0 aromatic carbocycles. The van der Waals surface area contributed by atoms with E-state index >= 15 is 0 Å². The Bertz CT molecular complexity index is 403. The lowest BCUT2D eigenvalue weighted by Gasteiger charge is -2.23. The summed E-state index contributed by atoms with van der Waals surface area (Å²) in [6.45, 7) is 4.50. The number of nitrogens with zero attached hydrogens (tertiary/aromatic N) is 4. The van der Waals surface area contributed by atoms with E-state index < -0.39 is 0 Å². The summed E-state index contributed by atoms with van der Waals surface area (Å²) >= 11 is 6.10. The van der Waals surface area contributed by atoms with Crippen molar-refractivity contribution in [3.63, 3.8) is 0 Å². The SMILES string of the molecule is Nc1ncc(Cl)c(N2CCCN(CCO)CC2)n1. The number of aliphatic hydroxyl groups is 1. The standard InChI is InChI=1S/C11H18ClN5O/c12-9-8-14-11(13)15-10(9)17-3-1-2-16(4-5-17)6-7-18/h8,18H,1-7H2,(H2,13,14,15). The van der Waals surface area contributed by atoms with Crippen LogP contribution in [0.5, 0.6) is 0 Å². The maximum atomic E-state index is 8.96. The summed E-state index contributed by atoms with van der Waals surface area (Å²) in [7, 11) is 0. The number of nitrogen functional groups attached to an aromatic ring is 1. The summed E-state index contributed by atoms with van der Waals surface area (Å²) in [5, 5.41) is 9.49. The van der Waals surface area contributed by atoms with Gasteiger partial charge in [-0.2, -0.15) is 4.98 Å². The van der Waals surface area contributed by atoms with Gasteiger partial charge in [-0.05, 0) is 13.0 Å². The van der Waals surface area contributed by atoms with Crippen LogP contribution < -0.4 is 10.6 Å². The van der Waals surface area contributed by atoms with Gasteiger partial charge in [0, 0.05) is 26.2 Å². The molecule has 0 radical (unpaired) electrons. The van der Waals surface area contributed by atoms with Crippen LogP contribution in [0.4, 0.5) is 11.8 Å². The van der Waals surface area contributed by atoms with Gasteiger partial charge in [0.1, 0.15) is 5.02 Å². The average Bonchev–Trinajstić information content (AvgIpc) is 2.58. The highest BCUT2D eigenvalue weighted by molar-refractivity contribution is 6.32. The number of nitrogens with two attached hydrogens (primary N) is 1. The molecule has 3 N–H and O–H groups in total. The number of rotatable bonds is 3. The summed E-state index contributed by atoms with van der Waals surface area (Å²) < 4.78 is 0. The predicted molar refractivity (Wildman–Crippen MR) is 71.8 cm³/mol. The molecule has 1 aliphatic heterocycles. The Balaban J connectivity index is 2.07. The van der Waals surface area contributed by atoms with E-state index in [9.17, 15) is 0 Å². The van der Waals surface area contributed by atoms with E-state index in [0.29, 0.717) is 17.4 Å². The van der Waals surface area contributed by atoms with Crippen molar-refractivity contribution in [1.82, 2.24) is 14.9 Å². The minimum absolute atomic E-state index is 0.196. The van der Waals surface area contributed by atoms with Crippen LogP contribution in [0.1, 0.15) is 6.42 Å². The maximum absolute atomic E-state index is 8.96. The molecule has 1 saturated heterocycles. The van der Waals surface area contributed by atoms with E-state index in [4.69, 9.17) is 22.4 Å². The van der Waals surface area contributed by atoms with Crippen molar-refractivity contribution in [3.8, 4) is 0 Å². The number of β-amino-alcohol motifs (C(OH)–C–C–N with tert-alkyl or cyclic N) is 1. The summed E-state index contributed by atoms with van der Waals surface area (Å²) in [4.78, 5) is 12.4. The molecule has 1 aliphatic rings. The largest absolute Gasteiger partial charge is 0.395 e. The Morgan fingerprint density at radius 2 is 2.17 bits per heavy atom. The molecule has 7 heteroatoms. The van der Waals surface area contributed by atoms with Gasteiger partial charge in [-0.15, -0.1) is 0 Å². The fourth-order valence-electron chi connectivity index (χ4n) is 2.14. The van der Waals surface area contributed by atoms with Crippen molar-refractivity contribution in [1.29, 1.82) is 0 Å². The third kappa shape index (κ3) is 3.22. The van der Waals surface area contributed by atoms with Crippen LogP contribution in [0.15, 0.2) is 6.20 Å². The Kier molecular flexibility index (Phi) is 4.57. The highest BCUT2D eigenvalue weighted by Gasteiger charge is 2.18. The number of hydrogen-bond donors (Lipinski definition) is 2. The molecule has 18 heavy (non-hydrogen) atoms. The summed E-state index contributed by atoms with van der Waals surface area (Å²) in [5.41, 5.74) is 5.60. The summed E-state index contributed by atoms with van der Waals surface area (Å²) in [5.74, 6) is 0.945. The summed E-state index contributed by atoms with van der Waals surface area (Å²) in [6, 6.07) is 0. The van der Waals surface area contributed by atoms with Crippen LogP contribution in [-0.2, 0) is 0 Å². The number of aromatic nitrogens is 2. The molecule has 2 rings (SSSR count). The lowest BCUT2D eigenvalue weighted by atomic mass is 10.3. The van der Waals surface area contributed by atoms with E-state index in [1.165, 1.54) is 6.20 Å². The second-order valence-corrected chi connectivity index (χ2v) is 4.71. The molecule has 1 aromatic heterocycles. The number of anilines is 2. The van der Waals surface area contributed by atoms with Crippen LogP contribution in [-0.4, -0.2) is 59.3 Å². The summed E-state index contributed by atoms with van der Waals surface area (Å²) in [6.07, 6.45) is 2.55. The normalized spacial score (nSPS) is 17.8. The molecule has 100 valence electrons. The molecule has 2 heterocycles. The maximum Gasteiger partial charge on any atom is 0.222 e. The number of aliphatic hydroxyl groups excluding tert-OH is 1. The second-order valence-electron chi connectivity index (χ2n) is 4.31. The minimum Gasteiger partial charge on any atom is -0.395 e. The topological polar surface area (TPSA) is 78.5 Å². The van der Waals surface area contributed by atoms with E-state index in [2.05, 4.69) is 19.8 Å². The first-order valence-corrected chi connectivity index (χ1v) is 6.44. The quantitative estimate of drug-likeness (QED) is 0.819. The average molecular weight is 272 g/mol. The van der Waals surface area contributed by atoms with Gasteiger partial charge < -0.3 is 15.7 Å². The lowest BCUT2D eigenvalue weighted by Crippen LogP contribution is -2.33. The van der Waals surface area contributed by atoms with Crippen LogP contribution in [0, 0.1) is 0 Å². The first kappa shape index (κ1) is 13.3. The Hall–Kier alpha value is -1.11. The fourth-order valence-corrected chi connectivity index (χ4v) is 2.35. The molecule has 0 atom stereocenters. The Morgan fingerprint density at radius 1 is 1.33 bits per heavy atom. The van der Waals surface area contributed by atoms with Crippen LogP contribution in [0.25, 0.3) is 0 Å². The molecule has 0 aliphatic carbocycles. The van der Waals surface area contributed by atoms with Gasteiger partial charge in [-0.1, -0.05) is 11.6 Å². The first-order valence-electron chi connectivity index (χ1n) is 6.07. The van der Waals surface area contributed by atoms with E-state index in [-0.39, 0.29) is 12.6 Å². The van der Waals surface area contributed by atoms with Gasteiger partial charge in [-0.3, -0.25) is 4.90 Å².